The van der Waals surface area contributed by atoms with Gasteiger partial charge in [-0.2, -0.15) is 0 Å². The van der Waals surface area contributed by atoms with Crippen molar-refractivity contribution >= 4 is 23.2 Å². The maximum Gasteiger partial charge on any atom is 0.256 e. The summed E-state index contributed by atoms with van der Waals surface area (Å²) in [4.78, 5) is 12.6. The Morgan fingerprint density at radius 1 is 1.17 bits per heavy atom. The Morgan fingerprint density at radius 2 is 1.88 bits per heavy atom. The number of benzene rings is 2. The summed E-state index contributed by atoms with van der Waals surface area (Å²) in [6.45, 7) is 3.05. The fraction of sp³-hybridized carbons (Fsp3) is 0.278. The number of hydrogen-bond donors (Lipinski definition) is 1. The minimum Gasteiger partial charge on any atom is -0.495 e. The van der Waals surface area contributed by atoms with Crippen molar-refractivity contribution < 1.29 is 19.0 Å². The van der Waals surface area contributed by atoms with Gasteiger partial charge in [0.1, 0.15) is 5.75 Å². The fourth-order valence-corrected chi connectivity index (χ4v) is 2.76. The maximum atomic E-state index is 12.6. The number of hydrogen-bond acceptors (Lipinski definition) is 4. The number of ether oxygens (including phenoxy) is 3. The van der Waals surface area contributed by atoms with Crippen LogP contribution in [0.15, 0.2) is 30.3 Å². The van der Waals surface area contributed by atoms with E-state index in [0.717, 1.165) is 12.0 Å². The molecule has 3 rings (SSSR count). The highest BCUT2D eigenvalue weighted by Gasteiger charge is 2.17. The minimum absolute atomic E-state index is 0.232. The summed E-state index contributed by atoms with van der Waals surface area (Å²) in [6.07, 6.45) is 0.819. The van der Waals surface area contributed by atoms with Crippen molar-refractivity contribution in [1.29, 1.82) is 0 Å². The molecule has 126 valence electrons. The van der Waals surface area contributed by atoms with E-state index in [0.29, 0.717) is 46.7 Å². The standard InChI is InChI=1S/C18H18ClNO4/c1-11-8-16-17(24-7-3-6-23-16)10-13(11)18(21)20-12-4-5-15(22-2)14(19)9-12/h4-5,8-10H,3,6-7H2,1-2H3,(H,20,21). The summed E-state index contributed by atoms with van der Waals surface area (Å²) in [5, 5.41) is 3.27. The second kappa shape index (κ2) is 7.01. The molecular weight excluding hydrogens is 330 g/mol. The Morgan fingerprint density at radius 3 is 2.54 bits per heavy atom. The predicted octanol–water partition coefficient (Wildman–Crippen LogP) is 4.07. The second-order valence-electron chi connectivity index (χ2n) is 5.47. The number of nitrogens with one attached hydrogen (secondary N) is 1. The van der Waals surface area contributed by atoms with Crippen LogP contribution >= 0.6 is 11.6 Å². The number of aryl methyl sites for hydroxylation is 1. The van der Waals surface area contributed by atoms with Gasteiger partial charge in [0.25, 0.3) is 5.91 Å². The van der Waals surface area contributed by atoms with Gasteiger partial charge in [0, 0.05) is 17.7 Å². The van der Waals surface area contributed by atoms with E-state index in [9.17, 15) is 4.79 Å². The number of rotatable bonds is 3. The average molecular weight is 348 g/mol. The SMILES string of the molecule is COc1ccc(NC(=O)c2cc3c(cc2C)OCCCO3)cc1Cl. The van der Waals surface area contributed by atoms with Crippen molar-refractivity contribution in [3.63, 3.8) is 0 Å². The van der Waals surface area contributed by atoms with Crippen LogP contribution < -0.4 is 19.5 Å². The molecule has 1 aliphatic heterocycles. The van der Waals surface area contributed by atoms with Gasteiger partial charge in [-0.05, 0) is 42.8 Å². The van der Waals surface area contributed by atoms with Crippen molar-refractivity contribution in [1.82, 2.24) is 0 Å². The fourth-order valence-electron chi connectivity index (χ4n) is 2.50. The molecule has 24 heavy (non-hydrogen) atoms. The van der Waals surface area contributed by atoms with E-state index >= 15 is 0 Å². The zero-order valence-electron chi connectivity index (χ0n) is 13.5. The lowest BCUT2D eigenvalue weighted by atomic mass is 10.1. The number of fused-ring (bicyclic) bond motifs is 1. The van der Waals surface area contributed by atoms with Gasteiger partial charge in [-0.1, -0.05) is 11.6 Å². The zero-order valence-corrected chi connectivity index (χ0v) is 14.3. The van der Waals surface area contributed by atoms with Crippen LogP contribution in [0.2, 0.25) is 5.02 Å². The molecule has 0 fully saturated rings. The molecule has 0 unspecified atom stereocenters. The number of methoxy groups -OCH3 is 1. The molecular formula is C18H18ClNO4. The first-order chi connectivity index (χ1) is 11.6. The van der Waals surface area contributed by atoms with Crippen LogP contribution in [0, 0.1) is 6.92 Å². The van der Waals surface area contributed by atoms with E-state index in [1.807, 2.05) is 13.0 Å². The third-order valence-corrected chi connectivity index (χ3v) is 4.04. The lowest BCUT2D eigenvalue weighted by molar-refractivity contribution is 0.102. The Bertz CT molecular complexity index is 776. The molecule has 0 aliphatic carbocycles. The summed E-state index contributed by atoms with van der Waals surface area (Å²) >= 11 is 6.09. The summed E-state index contributed by atoms with van der Waals surface area (Å²) < 4.78 is 16.4. The molecule has 0 aromatic heterocycles. The van der Waals surface area contributed by atoms with Crippen molar-refractivity contribution in [2.45, 2.75) is 13.3 Å². The smallest absolute Gasteiger partial charge is 0.256 e. The Hall–Kier alpha value is -2.40. The number of anilines is 1. The number of amides is 1. The lowest BCUT2D eigenvalue weighted by Gasteiger charge is -2.13. The highest BCUT2D eigenvalue weighted by molar-refractivity contribution is 6.32. The van der Waals surface area contributed by atoms with E-state index in [-0.39, 0.29) is 5.91 Å². The molecule has 6 heteroatoms. The van der Waals surface area contributed by atoms with Crippen molar-refractivity contribution in [3.8, 4) is 17.2 Å². The molecule has 0 atom stereocenters. The third-order valence-electron chi connectivity index (χ3n) is 3.75. The number of carbonyl (C=O) groups is 1. The largest absolute Gasteiger partial charge is 0.495 e. The molecule has 0 saturated carbocycles. The summed E-state index contributed by atoms with van der Waals surface area (Å²) in [5.41, 5.74) is 1.94. The van der Waals surface area contributed by atoms with Crippen molar-refractivity contribution in [2.75, 3.05) is 25.6 Å². The first-order valence-corrected chi connectivity index (χ1v) is 8.01. The molecule has 2 aromatic rings. The van der Waals surface area contributed by atoms with Crippen LogP contribution in [-0.4, -0.2) is 26.2 Å². The van der Waals surface area contributed by atoms with Crippen molar-refractivity contribution in [2.24, 2.45) is 0 Å². The monoisotopic (exact) mass is 347 g/mol. The Kier molecular flexibility index (Phi) is 4.81. The highest BCUT2D eigenvalue weighted by Crippen LogP contribution is 2.33. The van der Waals surface area contributed by atoms with Gasteiger partial charge in [0.15, 0.2) is 11.5 Å². The minimum atomic E-state index is -0.232. The summed E-state index contributed by atoms with van der Waals surface area (Å²) in [6, 6.07) is 8.64. The van der Waals surface area contributed by atoms with Gasteiger partial charge in [-0.3, -0.25) is 4.79 Å². The van der Waals surface area contributed by atoms with Crippen LogP contribution in [0.25, 0.3) is 0 Å². The molecule has 1 amide bonds. The van der Waals surface area contributed by atoms with Crippen LogP contribution in [0.5, 0.6) is 17.2 Å². The topological polar surface area (TPSA) is 56.8 Å². The van der Waals surface area contributed by atoms with E-state index in [1.165, 1.54) is 0 Å². The Labute approximate surface area is 145 Å². The van der Waals surface area contributed by atoms with E-state index in [1.54, 1.807) is 31.4 Å². The molecule has 0 saturated heterocycles. The normalized spacial score (nSPS) is 13.1. The van der Waals surface area contributed by atoms with E-state index < -0.39 is 0 Å². The summed E-state index contributed by atoms with van der Waals surface area (Å²) in [7, 11) is 1.54. The molecule has 2 aromatic carbocycles. The second-order valence-corrected chi connectivity index (χ2v) is 5.87. The van der Waals surface area contributed by atoms with E-state index in [4.69, 9.17) is 25.8 Å². The van der Waals surface area contributed by atoms with Crippen LogP contribution in [0.3, 0.4) is 0 Å². The first-order valence-electron chi connectivity index (χ1n) is 7.63. The van der Waals surface area contributed by atoms with Gasteiger partial charge >= 0.3 is 0 Å². The quantitative estimate of drug-likeness (QED) is 0.909. The van der Waals surface area contributed by atoms with Crippen LogP contribution in [0.4, 0.5) is 5.69 Å². The van der Waals surface area contributed by atoms with Crippen molar-refractivity contribution in [3.05, 3.63) is 46.5 Å². The molecule has 1 N–H and O–H groups in total. The first kappa shape index (κ1) is 16.5. The molecule has 1 aliphatic rings. The van der Waals surface area contributed by atoms with Crippen LogP contribution in [0.1, 0.15) is 22.3 Å². The van der Waals surface area contributed by atoms with E-state index in [2.05, 4.69) is 5.32 Å². The number of carbonyl (C=O) groups excluding carboxylic acids is 1. The third kappa shape index (κ3) is 3.41. The van der Waals surface area contributed by atoms with Gasteiger partial charge in [-0.15, -0.1) is 0 Å². The number of halogens is 1. The van der Waals surface area contributed by atoms with Gasteiger partial charge in [0.05, 0.1) is 25.3 Å². The predicted molar refractivity (Wildman–Crippen MR) is 92.7 cm³/mol. The average Bonchev–Trinajstić information content (AvgIpc) is 2.79. The summed E-state index contributed by atoms with van der Waals surface area (Å²) in [5.74, 6) is 1.59. The van der Waals surface area contributed by atoms with Gasteiger partial charge < -0.3 is 19.5 Å². The molecule has 0 radical (unpaired) electrons. The van der Waals surface area contributed by atoms with Gasteiger partial charge in [0.2, 0.25) is 0 Å². The van der Waals surface area contributed by atoms with Crippen LogP contribution in [-0.2, 0) is 0 Å². The molecule has 5 nitrogen and oxygen atoms in total. The highest BCUT2D eigenvalue weighted by atomic mass is 35.5. The van der Waals surface area contributed by atoms with Gasteiger partial charge in [-0.25, -0.2) is 0 Å². The zero-order chi connectivity index (χ0) is 17.1. The molecule has 0 spiro atoms. The molecule has 0 bridgehead atoms. The molecule has 1 heterocycles. The Balaban J connectivity index is 1.84. The maximum absolute atomic E-state index is 12.6. The lowest BCUT2D eigenvalue weighted by Crippen LogP contribution is -2.14.